The SMILES string of the molecule is CCCCCCCCCCCCC(=O)ONCCCCC. The molecule has 0 radical (unpaired) electrons. The Labute approximate surface area is 132 Å². The van der Waals surface area contributed by atoms with Gasteiger partial charge in [0.25, 0.3) is 0 Å². The van der Waals surface area contributed by atoms with Crippen LogP contribution in [0.25, 0.3) is 0 Å². The van der Waals surface area contributed by atoms with Crippen LogP contribution in [0, 0.1) is 0 Å². The summed E-state index contributed by atoms with van der Waals surface area (Å²) < 4.78 is 0. The molecule has 1 N–H and O–H groups in total. The van der Waals surface area contributed by atoms with Crippen LogP contribution in [-0.2, 0) is 9.63 Å². The largest absolute Gasteiger partial charge is 0.371 e. The second-order valence-electron chi connectivity index (χ2n) is 6.01. The number of carbonyl (C=O) groups excluding carboxylic acids is 1. The average Bonchev–Trinajstić information content (AvgIpc) is 2.49. The van der Waals surface area contributed by atoms with Gasteiger partial charge in [-0.25, -0.2) is 0 Å². The fraction of sp³-hybridized carbons (Fsp3) is 0.944. The van der Waals surface area contributed by atoms with Crippen LogP contribution in [0.1, 0.15) is 104 Å². The smallest absolute Gasteiger partial charge is 0.324 e. The highest BCUT2D eigenvalue weighted by Gasteiger charge is 2.02. The normalized spacial score (nSPS) is 10.8. The molecule has 126 valence electrons. The zero-order valence-corrected chi connectivity index (χ0v) is 14.4. The fourth-order valence-corrected chi connectivity index (χ4v) is 2.39. The van der Waals surface area contributed by atoms with Crippen molar-refractivity contribution in [2.45, 2.75) is 104 Å². The highest BCUT2D eigenvalue weighted by molar-refractivity contribution is 5.68. The molecular weight excluding hydrogens is 262 g/mol. The minimum Gasteiger partial charge on any atom is -0.371 e. The van der Waals surface area contributed by atoms with Gasteiger partial charge < -0.3 is 4.84 Å². The van der Waals surface area contributed by atoms with E-state index < -0.39 is 0 Å². The Hall–Kier alpha value is -0.570. The molecule has 0 aliphatic heterocycles. The number of carbonyl (C=O) groups is 1. The summed E-state index contributed by atoms with van der Waals surface area (Å²) in [5.41, 5.74) is 2.76. The molecule has 0 aromatic heterocycles. The second kappa shape index (κ2) is 17.5. The van der Waals surface area contributed by atoms with Crippen LogP contribution >= 0.6 is 0 Å². The standard InChI is InChI=1S/C18H37NO2/c1-3-5-7-8-9-10-11-12-13-14-16-18(20)21-19-17-15-6-4-2/h19H,3-17H2,1-2H3. The molecule has 3 nitrogen and oxygen atoms in total. The Morgan fingerprint density at radius 2 is 1.19 bits per heavy atom. The van der Waals surface area contributed by atoms with E-state index in [1.54, 1.807) is 0 Å². The Bertz CT molecular complexity index is 219. The number of rotatable bonds is 16. The maximum Gasteiger partial charge on any atom is 0.324 e. The van der Waals surface area contributed by atoms with Crippen molar-refractivity contribution in [1.82, 2.24) is 5.48 Å². The number of hydrogen-bond acceptors (Lipinski definition) is 3. The van der Waals surface area contributed by atoms with Crippen molar-refractivity contribution in [1.29, 1.82) is 0 Å². The lowest BCUT2D eigenvalue weighted by molar-refractivity contribution is -0.151. The van der Waals surface area contributed by atoms with Crippen molar-refractivity contribution in [3.8, 4) is 0 Å². The highest BCUT2D eigenvalue weighted by atomic mass is 16.7. The van der Waals surface area contributed by atoms with E-state index in [9.17, 15) is 4.79 Å². The molecule has 21 heavy (non-hydrogen) atoms. The maximum absolute atomic E-state index is 11.4. The summed E-state index contributed by atoms with van der Waals surface area (Å²) in [6.45, 7) is 5.19. The summed E-state index contributed by atoms with van der Waals surface area (Å²) >= 11 is 0. The number of unbranched alkanes of at least 4 members (excludes halogenated alkanes) is 11. The van der Waals surface area contributed by atoms with Crippen LogP contribution in [-0.4, -0.2) is 12.5 Å². The van der Waals surface area contributed by atoms with Crippen molar-refractivity contribution in [3.63, 3.8) is 0 Å². The monoisotopic (exact) mass is 299 g/mol. The average molecular weight is 299 g/mol. The van der Waals surface area contributed by atoms with Gasteiger partial charge >= 0.3 is 5.97 Å². The molecule has 0 rings (SSSR count). The van der Waals surface area contributed by atoms with E-state index >= 15 is 0 Å². The van der Waals surface area contributed by atoms with Crippen LogP contribution in [0.3, 0.4) is 0 Å². The lowest BCUT2D eigenvalue weighted by Crippen LogP contribution is -2.20. The minimum atomic E-state index is -0.105. The van der Waals surface area contributed by atoms with Crippen molar-refractivity contribution < 1.29 is 9.63 Å². The molecule has 0 spiro atoms. The Morgan fingerprint density at radius 3 is 1.76 bits per heavy atom. The Kier molecular flexibility index (Phi) is 17.0. The van der Waals surface area contributed by atoms with E-state index in [-0.39, 0.29) is 5.97 Å². The second-order valence-corrected chi connectivity index (χ2v) is 6.01. The summed E-state index contributed by atoms with van der Waals surface area (Å²) in [7, 11) is 0. The third-order valence-corrected chi connectivity index (χ3v) is 3.80. The first-order chi connectivity index (χ1) is 10.3. The van der Waals surface area contributed by atoms with Crippen molar-refractivity contribution in [3.05, 3.63) is 0 Å². The molecule has 0 atom stereocenters. The first-order valence-corrected chi connectivity index (χ1v) is 9.23. The van der Waals surface area contributed by atoms with E-state index in [4.69, 9.17) is 4.84 Å². The van der Waals surface area contributed by atoms with Crippen LogP contribution in [0.4, 0.5) is 0 Å². The molecule has 3 heteroatoms. The van der Waals surface area contributed by atoms with Gasteiger partial charge in [-0.15, -0.1) is 0 Å². The van der Waals surface area contributed by atoms with Crippen LogP contribution < -0.4 is 5.48 Å². The molecule has 0 aliphatic carbocycles. The van der Waals surface area contributed by atoms with Gasteiger partial charge in [0.05, 0.1) is 0 Å². The van der Waals surface area contributed by atoms with Crippen molar-refractivity contribution >= 4 is 5.97 Å². The molecule has 0 saturated heterocycles. The maximum atomic E-state index is 11.4. The van der Waals surface area contributed by atoms with Gasteiger partial charge in [0, 0.05) is 13.0 Å². The molecule has 0 aliphatic rings. The summed E-state index contributed by atoms with van der Waals surface area (Å²) in [5, 5.41) is 0. The van der Waals surface area contributed by atoms with E-state index in [0.717, 1.165) is 25.8 Å². The van der Waals surface area contributed by atoms with E-state index in [0.29, 0.717) is 6.42 Å². The predicted octanol–water partition coefficient (Wildman–Crippen LogP) is 5.54. The van der Waals surface area contributed by atoms with Crippen LogP contribution in [0.5, 0.6) is 0 Å². The molecule has 0 aromatic rings. The molecular formula is C18H37NO2. The molecule has 0 fully saturated rings. The molecule has 0 heterocycles. The Balaban J connectivity index is 3.11. The summed E-state index contributed by atoms with van der Waals surface area (Å²) in [6, 6.07) is 0. The highest BCUT2D eigenvalue weighted by Crippen LogP contribution is 2.11. The van der Waals surface area contributed by atoms with Gasteiger partial charge in [0.15, 0.2) is 0 Å². The van der Waals surface area contributed by atoms with Gasteiger partial charge in [-0.2, -0.15) is 5.48 Å². The molecule has 0 aromatic carbocycles. The first kappa shape index (κ1) is 20.4. The van der Waals surface area contributed by atoms with Gasteiger partial charge in [0.1, 0.15) is 0 Å². The summed E-state index contributed by atoms with van der Waals surface area (Å²) in [5.74, 6) is -0.105. The topological polar surface area (TPSA) is 38.3 Å². The number of nitrogens with one attached hydrogen (secondary N) is 1. The molecule has 0 bridgehead atoms. The lowest BCUT2D eigenvalue weighted by Gasteiger charge is -2.05. The van der Waals surface area contributed by atoms with E-state index in [1.807, 2.05) is 0 Å². The van der Waals surface area contributed by atoms with Gasteiger partial charge in [-0.05, 0) is 12.8 Å². The van der Waals surface area contributed by atoms with E-state index in [2.05, 4.69) is 19.3 Å². The van der Waals surface area contributed by atoms with Gasteiger partial charge in [-0.3, -0.25) is 4.79 Å². The van der Waals surface area contributed by atoms with Gasteiger partial charge in [-0.1, -0.05) is 84.5 Å². The van der Waals surface area contributed by atoms with Crippen LogP contribution in [0.15, 0.2) is 0 Å². The van der Waals surface area contributed by atoms with Crippen molar-refractivity contribution in [2.24, 2.45) is 0 Å². The Morgan fingerprint density at radius 1 is 0.714 bits per heavy atom. The minimum absolute atomic E-state index is 0.105. The van der Waals surface area contributed by atoms with Crippen molar-refractivity contribution in [2.75, 3.05) is 6.54 Å². The van der Waals surface area contributed by atoms with Gasteiger partial charge in [0.2, 0.25) is 0 Å². The number of hydroxylamine groups is 1. The third-order valence-electron chi connectivity index (χ3n) is 3.80. The molecule has 0 saturated carbocycles. The zero-order chi connectivity index (χ0) is 15.6. The lowest BCUT2D eigenvalue weighted by atomic mass is 10.1. The fourth-order valence-electron chi connectivity index (χ4n) is 2.39. The predicted molar refractivity (Wildman–Crippen MR) is 90.1 cm³/mol. The van der Waals surface area contributed by atoms with Crippen LogP contribution in [0.2, 0.25) is 0 Å². The first-order valence-electron chi connectivity index (χ1n) is 9.23. The summed E-state index contributed by atoms with van der Waals surface area (Å²) in [6.07, 6.45) is 16.9. The summed E-state index contributed by atoms with van der Waals surface area (Å²) in [4.78, 5) is 16.4. The number of hydrogen-bond donors (Lipinski definition) is 1. The molecule has 0 unspecified atom stereocenters. The third kappa shape index (κ3) is 17.4. The zero-order valence-electron chi connectivity index (χ0n) is 14.4. The quantitative estimate of drug-likeness (QED) is 0.300. The van der Waals surface area contributed by atoms with E-state index in [1.165, 1.54) is 64.2 Å². The molecule has 0 amide bonds.